The molecule has 0 aliphatic carbocycles. The number of aromatic amines is 1. The summed E-state index contributed by atoms with van der Waals surface area (Å²) in [4.78, 5) is 0. The van der Waals surface area contributed by atoms with Crippen LogP contribution in [-0.4, -0.2) is 25.2 Å². The van der Waals surface area contributed by atoms with E-state index in [0.717, 1.165) is 40.4 Å². The normalized spacial score (nSPS) is 13.7. The summed E-state index contributed by atoms with van der Waals surface area (Å²) in [5.74, 6) is 0.435. The Kier molecular flexibility index (Phi) is 5.88. The Morgan fingerprint density at radius 1 is 0.857 bits per heavy atom. The molecule has 0 bridgehead atoms. The molecule has 3 aromatic carbocycles. The standard InChI is InChI=1S/C27H24F3N5/c1-2-3-17-26(20-12-14-21(15-13-20)27(28,29)30,35-18-16-19-8-4-7-11-24(19)35)23-10-6-5-9-22(23)25-31-33-34-32-25/h4-16,18H,2-3,17H2,1H3,(H,31,32,33,34). The lowest BCUT2D eigenvalue weighted by atomic mass is 9.76. The fourth-order valence-corrected chi connectivity index (χ4v) is 4.92. The van der Waals surface area contributed by atoms with Gasteiger partial charge in [-0.05, 0) is 52.4 Å². The molecule has 0 saturated heterocycles. The highest BCUT2D eigenvalue weighted by Crippen LogP contribution is 2.45. The van der Waals surface area contributed by atoms with Gasteiger partial charge in [-0.25, -0.2) is 0 Å². The molecule has 2 aromatic heterocycles. The number of nitrogens with zero attached hydrogens (tertiary/aromatic N) is 4. The van der Waals surface area contributed by atoms with Gasteiger partial charge in [0.05, 0.1) is 11.1 Å². The molecule has 1 atom stereocenters. The number of aromatic nitrogens is 5. The lowest BCUT2D eigenvalue weighted by Crippen LogP contribution is -2.36. The number of rotatable bonds is 7. The number of para-hydroxylation sites is 1. The third-order valence-electron chi connectivity index (χ3n) is 6.55. The van der Waals surface area contributed by atoms with Crippen LogP contribution in [0.15, 0.2) is 85.1 Å². The molecule has 178 valence electrons. The van der Waals surface area contributed by atoms with Crippen molar-refractivity contribution in [3.05, 3.63) is 102 Å². The van der Waals surface area contributed by atoms with Gasteiger partial charge < -0.3 is 4.57 Å². The van der Waals surface area contributed by atoms with E-state index in [4.69, 9.17) is 0 Å². The molecule has 0 aliphatic heterocycles. The lowest BCUT2D eigenvalue weighted by Gasteiger charge is -2.39. The first-order valence-electron chi connectivity index (χ1n) is 11.5. The van der Waals surface area contributed by atoms with E-state index in [0.29, 0.717) is 12.2 Å². The van der Waals surface area contributed by atoms with Crippen molar-refractivity contribution in [3.8, 4) is 11.4 Å². The minimum absolute atomic E-state index is 0.435. The van der Waals surface area contributed by atoms with Crippen molar-refractivity contribution in [2.24, 2.45) is 0 Å². The number of alkyl halides is 3. The van der Waals surface area contributed by atoms with E-state index in [1.807, 2.05) is 60.8 Å². The van der Waals surface area contributed by atoms with Gasteiger partial charge in [-0.1, -0.05) is 74.4 Å². The van der Waals surface area contributed by atoms with Crippen LogP contribution in [0.2, 0.25) is 0 Å². The molecular weight excluding hydrogens is 451 g/mol. The highest BCUT2D eigenvalue weighted by molar-refractivity contribution is 5.81. The van der Waals surface area contributed by atoms with Crippen molar-refractivity contribution in [2.45, 2.75) is 37.9 Å². The molecule has 0 radical (unpaired) electrons. The first-order chi connectivity index (χ1) is 16.9. The molecule has 35 heavy (non-hydrogen) atoms. The van der Waals surface area contributed by atoms with E-state index >= 15 is 0 Å². The molecule has 5 aromatic rings. The maximum absolute atomic E-state index is 13.4. The fourth-order valence-electron chi connectivity index (χ4n) is 4.92. The number of hydrogen-bond acceptors (Lipinski definition) is 3. The lowest BCUT2D eigenvalue weighted by molar-refractivity contribution is -0.137. The summed E-state index contributed by atoms with van der Waals surface area (Å²) in [6.07, 6.45) is 0.0563. The quantitative estimate of drug-likeness (QED) is 0.281. The molecule has 0 amide bonds. The Bertz CT molecular complexity index is 1420. The zero-order valence-electron chi connectivity index (χ0n) is 19.1. The summed E-state index contributed by atoms with van der Waals surface area (Å²) in [7, 11) is 0. The SMILES string of the molecule is CCCCC(c1ccc(C(F)(F)F)cc1)(c1ccccc1-c1nn[nH]n1)n1ccc2ccccc21. The topological polar surface area (TPSA) is 59.4 Å². The molecule has 8 heteroatoms. The van der Waals surface area contributed by atoms with Crippen molar-refractivity contribution in [2.75, 3.05) is 0 Å². The average Bonchev–Trinajstić information content (AvgIpc) is 3.56. The summed E-state index contributed by atoms with van der Waals surface area (Å²) >= 11 is 0. The molecule has 1 N–H and O–H groups in total. The van der Waals surface area contributed by atoms with E-state index in [-0.39, 0.29) is 0 Å². The molecule has 1 unspecified atom stereocenters. The molecule has 0 spiro atoms. The van der Waals surface area contributed by atoms with Gasteiger partial charge in [0.25, 0.3) is 0 Å². The van der Waals surface area contributed by atoms with Gasteiger partial charge in [0.2, 0.25) is 5.82 Å². The van der Waals surface area contributed by atoms with Crippen LogP contribution in [0.1, 0.15) is 42.9 Å². The van der Waals surface area contributed by atoms with Gasteiger partial charge in [-0.3, -0.25) is 0 Å². The van der Waals surface area contributed by atoms with E-state index in [2.05, 4.69) is 32.1 Å². The van der Waals surface area contributed by atoms with Crippen molar-refractivity contribution < 1.29 is 13.2 Å². The van der Waals surface area contributed by atoms with Crippen molar-refractivity contribution in [3.63, 3.8) is 0 Å². The minimum atomic E-state index is -4.41. The van der Waals surface area contributed by atoms with Gasteiger partial charge in [0, 0.05) is 17.3 Å². The van der Waals surface area contributed by atoms with Crippen molar-refractivity contribution in [1.29, 1.82) is 0 Å². The van der Waals surface area contributed by atoms with E-state index in [1.54, 1.807) is 12.1 Å². The Balaban J connectivity index is 1.85. The second kappa shape index (κ2) is 9.02. The van der Waals surface area contributed by atoms with Crippen molar-refractivity contribution >= 4 is 10.9 Å². The summed E-state index contributed by atoms with van der Waals surface area (Å²) in [6, 6.07) is 23.4. The third-order valence-corrected chi connectivity index (χ3v) is 6.55. The van der Waals surface area contributed by atoms with Gasteiger partial charge >= 0.3 is 6.18 Å². The smallest absolute Gasteiger partial charge is 0.333 e. The molecule has 0 aliphatic rings. The van der Waals surface area contributed by atoms with E-state index in [9.17, 15) is 13.2 Å². The van der Waals surface area contributed by atoms with Crippen molar-refractivity contribution in [1.82, 2.24) is 25.2 Å². The molecule has 0 fully saturated rings. The number of unbranched alkanes of at least 4 members (excludes halogenated alkanes) is 1. The summed E-state index contributed by atoms with van der Waals surface area (Å²) in [5, 5.41) is 15.7. The molecular formula is C27H24F3N5. The zero-order chi connectivity index (χ0) is 24.5. The maximum Gasteiger partial charge on any atom is 0.416 e. The van der Waals surface area contributed by atoms with E-state index < -0.39 is 17.3 Å². The number of tetrazole rings is 1. The van der Waals surface area contributed by atoms with Crippen LogP contribution in [0.4, 0.5) is 13.2 Å². The number of benzene rings is 3. The summed E-state index contributed by atoms with van der Waals surface area (Å²) < 4.78 is 42.5. The van der Waals surface area contributed by atoms with Crippen LogP contribution in [0, 0.1) is 0 Å². The Hall–Kier alpha value is -3.94. The van der Waals surface area contributed by atoms with Gasteiger partial charge in [0.15, 0.2) is 0 Å². The van der Waals surface area contributed by atoms with Crippen LogP contribution in [0.5, 0.6) is 0 Å². The highest BCUT2D eigenvalue weighted by atomic mass is 19.4. The van der Waals surface area contributed by atoms with Crippen LogP contribution >= 0.6 is 0 Å². The Morgan fingerprint density at radius 2 is 1.57 bits per heavy atom. The molecule has 0 saturated carbocycles. The second-order valence-electron chi connectivity index (χ2n) is 8.56. The first kappa shape index (κ1) is 22.8. The number of nitrogens with one attached hydrogen (secondary N) is 1. The maximum atomic E-state index is 13.4. The zero-order valence-corrected chi connectivity index (χ0v) is 19.1. The monoisotopic (exact) mass is 475 g/mol. The molecule has 2 heterocycles. The predicted molar refractivity (Wildman–Crippen MR) is 129 cm³/mol. The highest BCUT2D eigenvalue weighted by Gasteiger charge is 2.40. The number of fused-ring (bicyclic) bond motifs is 1. The third kappa shape index (κ3) is 3.99. The van der Waals surface area contributed by atoms with Crippen LogP contribution in [-0.2, 0) is 11.7 Å². The predicted octanol–water partition coefficient (Wildman–Crippen LogP) is 6.82. The van der Waals surface area contributed by atoms with E-state index in [1.165, 1.54) is 12.1 Å². The molecule has 5 nitrogen and oxygen atoms in total. The molecule has 5 rings (SSSR count). The van der Waals surface area contributed by atoms with Gasteiger partial charge in [0.1, 0.15) is 0 Å². The van der Waals surface area contributed by atoms with Gasteiger partial charge in [-0.2, -0.15) is 18.4 Å². The number of halogens is 3. The second-order valence-corrected chi connectivity index (χ2v) is 8.56. The Morgan fingerprint density at radius 3 is 2.29 bits per heavy atom. The van der Waals surface area contributed by atoms with Crippen LogP contribution in [0.25, 0.3) is 22.3 Å². The van der Waals surface area contributed by atoms with Crippen LogP contribution < -0.4 is 0 Å². The number of hydrogen-bond donors (Lipinski definition) is 1. The minimum Gasteiger partial charge on any atom is -0.333 e. The van der Waals surface area contributed by atoms with Gasteiger partial charge in [-0.15, -0.1) is 10.2 Å². The summed E-state index contributed by atoms with van der Waals surface area (Å²) in [5.41, 5.74) is 1.95. The van der Waals surface area contributed by atoms with Crippen LogP contribution in [0.3, 0.4) is 0 Å². The summed E-state index contributed by atoms with van der Waals surface area (Å²) in [6.45, 7) is 2.11. The number of H-pyrrole nitrogens is 1. The average molecular weight is 476 g/mol. The Labute approximate surface area is 200 Å². The fraction of sp³-hybridized carbons (Fsp3) is 0.222. The first-order valence-corrected chi connectivity index (χ1v) is 11.5. The largest absolute Gasteiger partial charge is 0.416 e.